The van der Waals surface area contributed by atoms with Crippen molar-refractivity contribution in [3.63, 3.8) is 0 Å². The number of nitrogen functional groups attached to an aromatic ring is 1. The Balaban J connectivity index is 2.62. The van der Waals surface area contributed by atoms with Crippen molar-refractivity contribution in [2.45, 2.75) is 26.7 Å². The fourth-order valence-electron chi connectivity index (χ4n) is 1.80. The Morgan fingerprint density at radius 3 is 2.72 bits per heavy atom. The number of rotatable bonds is 7. The molecule has 102 valence electrons. The highest BCUT2D eigenvalue weighted by molar-refractivity contribution is 5.68. The van der Waals surface area contributed by atoms with Crippen molar-refractivity contribution in [1.82, 2.24) is 0 Å². The number of nitrogens with one attached hydrogen (secondary N) is 1. The summed E-state index contributed by atoms with van der Waals surface area (Å²) in [5, 5.41) is 12.2. The number of aliphatic hydroxyl groups is 1. The molecule has 0 heterocycles. The standard InChI is InChI=1S/C14H24N2O2/c1-14(2,7-4-8-17)10-16-13-9-11(18-3)5-6-12(13)15/h5-6,9,16-17H,4,7-8,10,15H2,1-3H3. The predicted octanol–water partition coefficient (Wildman–Crippen LogP) is 2.49. The molecule has 0 spiro atoms. The Hall–Kier alpha value is -1.42. The van der Waals surface area contributed by atoms with Crippen LogP contribution in [0.25, 0.3) is 0 Å². The average molecular weight is 252 g/mol. The summed E-state index contributed by atoms with van der Waals surface area (Å²) in [6.07, 6.45) is 1.79. The largest absolute Gasteiger partial charge is 0.497 e. The van der Waals surface area contributed by atoms with Gasteiger partial charge >= 0.3 is 0 Å². The maximum atomic E-state index is 8.87. The molecule has 0 aliphatic heterocycles. The lowest BCUT2D eigenvalue weighted by molar-refractivity contribution is 0.248. The SMILES string of the molecule is COc1ccc(N)c(NCC(C)(C)CCCO)c1. The second kappa shape index (κ2) is 6.50. The van der Waals surface area contributed by atoms with Crippen LogP contribution in [-0.2, 0) is 0 Å². The lowest BCUT2D eigenvalue weighted by Gasteiger charge is -2.25. The molecule has 1 rings (SSSR count). The normalized spacial score (nSPS) is 11.3. The Morgan fingerprint density at radius 1 is 1.39 bits per heavy atom. The molecule has 4 heteroatoms. The molecule has 0 saturated heterocycles. The number of benzene rings is 1. The average Bonchev–Trinajstić information content (AvgIpc) is 2.35. The first-order valence-electron chi connectivity index (χ1n) is 6.27. The minimum atomic E-state index is 0.123. The Bertz CT molecular complexity index is 378. The van der Waals surface area contributed by atoms with E-state index in [4.69, 9.17) is 15.6 Å². The monoisotopic (exact) mass is 252 g/mol. The van der Waals surface area contributed by atoms with Gasteiger partial charge in [0.1, 0.15) is 5.75 Å². The van der Waals surface area contributed by atoms with Gasteiger partial charge in [0.25, 0.3) is 0 Å². The van der Waals surface area contributed by atoms with Gasteiger partial charge < -0.3 is 20.9 Å². The van der Waals surface area contributed by atoms with Gasteiger partial charge in [0.15, 0.2) is 0 Å². The topological polar surface area (TPSA) is 67.5 Å². The maximum Gasteiger partial charge on any atom is 0.121 e. The Kier molecular flexibility index (Phi) is 5.28. The van der Waals surface area contributed by atoms with Gasteiger partial charge in [-0.2, -0.15) is 0 Å². The smallest absolute Gasteiger partial charge is 0.121 e. The first-order valence-corrected chi connectivity index (χ1v) is 6.27. The predicted molar refractivity (Wildman–Crippen MR) is 76.0 cm³/mol. The van der Waals surface area contributed by atoms with Crippen molar-refractivity contribution in [1.29, 1.82) is 0 Å². The van der Waals surface area contributed by atoms with Gasteiger partial charge in [-0.3, -0.25) is 0 Å². The number of nitrogens with two attached hydrogens (primary N) is 1. The molecule has 0 unspecified atom stereocenters. The van der Waals surface area contributed by atoms with E-state index < -0.39 is 0 Å². The van der Waals surface area contributed by atoms with Crippen LogP contribution < -0.4 is 15.8 Å². The quantitative estimate of drug-likeness (QED) is 0.652. The van der Waals surface area contributed by atoms with Crippen molar-refractivity contribution in [2.24, 2.45) is 5.41 Å². The maximum absolute atomic E-state index is 8.87. The van der Waals surface area contributed by atoms with Gasteiger partial charge in [0.05, 0.1) is 18.5 Å². The molecule has 0 saturated carbocycles. The number of aliphatic hydroxyl groups excluding tert-OH is 1. The summed E-state index contributed by atoms with van der Waals surface area (Å²) in [6, 6.07) is 5.58. The number of anilines is 2. The summed E-state index contributed by atoms with van der Waals surface area (Å²) >= 11 is 0. The molecular weight excluding hydrogens is 228 g/mol. The zero-order chi connectivity index (χ0) is 13.6. The highest BCUT2D eigenvalue weighted by Gasteiger charge is 2.17. The highest BCUT2D eigenvalue weighted by atomic mass is 16.5. The minimum Gasteiger partial charge on any atom is -0.497 e. The molecule has 0 atom stereocenters. The van der Waals surface area contributed by atoms with Crippen LogP contribution in [0.15, 0.2) is 18.2 Å². The summed E-state index contributed by atoms with van der Waals surface area (Å²) in [6.45, 7) is 5.40. The molecule has 4 N–H and O–H groups in total. The molecular formula is C14H24N2O2. The molecule has 18 heavy (non-hydrogen) atoms. The summed E-state index contributed by atoms with van der Waals surface area (Å²) in [5.74, 6) is 0.792. The molecule has 0 aliphatic rings. The molecule has 0 aliphatic carbocycles. The molecule has 0 radical (unpaired) electrons. The molecule has 0 fully saturated rings. The Labute approximate surface area is 109 Å². The van der Waals surface area contributed by atoms with Crippen LogP contribution >= 0.6 is 0 Å². The first-order chi connectivity index (χ1) is 8.48. The van der Waals surface area contributed by atoms with E-state index in [0.29, 0.717) is 5.69 Å². The third-order valence-electron chi connectivity index (χ3n) is 3.03. The number of hydrogen-bond donors (Lipinski definition) is 3. The molecule has 1 aromatic carbocycles. The molecule has 1 aromatic rings. The first kappa shape index (κ1) is 14.6. The van der Waals surface area contributed by atoms with Gasteiger partial charge in [-0.15, -0.1) is 0 Å². The van der Waals surface area contributed by atoms with Gasteiger partial charge in [0.2, 0.25) is 0 Å². The minimum absolute atomic E-state index is 0.123. The van der Waals surface area contributed by atoms with E-state index >= 15 is 0 Å². The molecule has 0 bridgehead atoms. The van der Waals surface area contributed by atoms with Gasteiger partial charge in [0, 0.05) is 19.2 Å². The summed E-state index contributed by atoms with van der Waals surface area (Å²) in [7, 11) is 1.64. The van der Waals surface area contributed by atoms with Crippen molar-refractivity contribution in [3.8, 4) is 5.75 Å². The van der Waals surface area contributed by atoms with Crippen LogP contribution in [0, 0.1) is 5.41 Å². The lowest BCUT2D eigenvalue weighted by Crippen LogP contribution is -2.23. The van der Waals surface area contributed by atoms with Crippen molar-refractivity contribution < 1.29 is 9.84 Å². The van der Waals surface area contributed by atoms with E-state index in [1.165, 1.54) is 0 Å². The van der Waals surface area contributed by atoms with Gasteiger partial charge in [-0.05, 0) is 30.4 Å². The van der Waals surface area contributed by atoms with Crippen molar-refractivity contribution in [3.05, 3.63) is 18.2 Å². The van der Waals surface area contributed by atoms with Crippen LogP contribution in [0.1, 0.15) is 26.7 Å². The second-order valence-corrected chi connectivity index (χ2v) is 5.30. The number of hydrogen-bond acceptors (Lipinski definition) is 4. The van der Waals surface area contributed by atoms with Crippen LogP contribution in [0.5, 0.6) is 5.75 Å². The molecule has 4 nitrogen and oxygen atoms in total. The van der Waals surface area contributed by atoms with E-state index in [9.17, 15) is 0 Å². The summed E-state index contributed by atoms with van der Waals surface area (Å²) in [5.41, 5.74) is 7.65. The summed E-state index contributed by atoms with van der Waals surface area (Å²) in [4.78, 5) is 0. The van der Waals surface area contributed by atoms with Crippen LogP contribution in [0.4, 0.5) is 11.4 Å². The molecule has 0 amide bonds. The van der Waals surface area contributed by atoms with E-state index in [-0.39, 0.29) is 12.0 Å². The van der Waals surface area contributed by atoms with Gasteiger partial charge in [-0.1, -0.05) is 13.8 Å². The van der Waals surface area contributed by atoms with Gasteiger partial charge in [-0.25, -0.2) is 0 Å². The zero-order valence-corrected chi connectivity index (χ0v) is 11.5. The number of ether oxygens (including phenoxy) is 1. The van der Waals surface area contributed by atoms with E-state index in [0.717, 1.165) is 30.8 Å². The second-order valence-electron chi connectivity index (χ2n) is 5.30. The van der Waals surface area contributed by atoms with Crippen LogP contribution in [0.2, 0.25) is 0 Å². The fraction of sp³-hybridized carbons (Fsp3) is 0.571. The van der Waals surface area contributed by atoms with Crippen molar-refractivity contribution >= 4 is 11.4 Å². The van der Waals surface area contributed by atoms with E-state index in [2.05, 4.69) is 19.2 Å². The van der Waals surface area contributed by atoms with Crippen LogP contribution in [0.3, 0.4) is 0 Å². The van der Waals surface area contributed by atoms with Crippen molar-refractivity contribution in [2.75, 3.05) is 31.3 Å². The van der Waals surface area contributed by atoms with E-state index in [1.807, 2.05) is 18.2 Å². The third kappa shape index (κ3) is 4.45. The lowest BCUT2D eigenvalue weighted by atomic mass is 9.88. The third-order valence-corrected chi connectivity index (χ3v) is 3.03. The summed E-state index contributed by atoms with van der Waals surface area (Å²) < 4.78 is 5.18. The Morgan fingerprint density at radius 2 is 2.11 bits per heavy atom. The highest BCUT2D eigenvalue weighted by Crippen LogP contribution is 2.27. The van der Waals surface area contributed by atoms with Crippen LogP contribution in [-0.4, -0.2) is 25.4 Å². The number of methoxy groups -OCH3 is 1. The molecule has 0 aromatic heterocycles. The fourth-order valence-corrected chi connectivity index (χ4v) is 1.80. The zero-order valence-electron chi connectivity index (χ0n) is 11.5. The van der Waals surface area contributed by atoms with E-state index in [1.54, 1.807) is 7.11 Å².